The van der Waals surface area contributed by atoms with Crippen LogP contribution in [0, 0.1) is 0 Å². The molecule has 1 aromatic rings. The molecule has 0 bridgehead atoms. The predicted molar refractivity (Wildman–Crippen MR) is 60.8 cm³/mol. The summed E-state index contributed by atoms with van der Waals surface area (Å²) in [4.78, 5) is 6.23. The molecule has 0 spiro atoms. The van der Waals surface area contributed by atoms with E-state index in [-0.39, 0.29) is 6.04 Å². The zero-order valence-corrected chi connectivity index (χ0v) is 9.33. The molecule has 0 aromatic carbocycles. The van der Waals surface area contributed by atoms with E-state index in [9.17, 15) is 0 Å². The van der Waals surface area contributed by atoms with Gasteiger partial charge in [-0.15, -0.1) is 0 Å². The highest BCUT2D eigenvalue weighted by atomic mass is 35.5. The van der Waals surface area contributed by atoms with Gasteiger partial charge in [0.1, 0.15) is 5.82 Å². The van der Waals surface area contributed by atoms with Crippen LogP contribution < -0.4 is 10.6 Å². The molecular weight excluding hydrogens is 198 g/mol. The van der Waals surface area contributed by atoms with Gasteiger partial charge in [0.2, 0.25) is 0 Å². The Bertz CT molecular complexity index is 288. The van der Waals surface area contributed by atoms with Crippen molar-refractivity contribution in [3.8, 4) is 0 Å². The molecule has 0 amide bonds. The third-order valence-corrected chi connectivity index (χ3v) is 2.32. The molecule has 1 heterocycles. The summed E-state index contributed by atoms with van der Waals surface area (Å²) in [6.45, 7) is 2.86. The number of halogens is 1. The number of nitrogens with two attached hydrogens (primary N) is 1. The summed E-state index contributed by atoms with van der Waals surface area (Å²) in [6.07, 6.45) is 2.67. The van der Waals surface area contributed by atoms with Crippen LogP contribution in [0.25, 0.3) is 0 Å². The Balaban J connectivity index is 2.60. The molecule has 4 heteroatoms. The number of rotatable bonds is 4. The van der Waals surface area contributed by atoms with E-state index >= 15 is 0 Å². The molecule has 0 saturated carbocycles. The fourth-order valence-corrected chi connectivity index (χ4v) is 1.43. The van der Waals surface area contributed by atoms with Gasteiger partial charge in [-0.3, -0.25) is 0 Å². The van der Waals surface area contributed by atoms with E-state index in [0.29, 0.717) is 5.02 Å². The lowest BCUT2D eigenvalue weighted by Crippen LogP contribution is -2.26. The van der Waals surface area contributed by atoms with E-state index in [2.05, 4.69) is 4.98 Å². The summed E-state index contributed by atoms with van der Waals surface area (Å²) >= 11 is 6.00. The lowest BCUT2D eigenvalue weighted by molar-refractivity contribution is 0.656. The first-order valence-electron chi connectivity index (χ1n) is 4.68. The summed E-state index contributed by atoms with van der Waals surface area (Å²) in [7, 11) is 1.97. The van der Waals surface area contributed by atoms with Gasteiger partial charge in [0.15, 0.2) is 0 Å². The molecule has 78 valence electrons. The summed E-state index contributed by atoms with van der Waals surface area (Å²) in [5, 5.41) is 0.680. The lowest BCUT2D eigenvalue weighted by atomic mass is 10.2. The molecular formula is C10H16ClN3. The van der Waals surface area contributed by atoms with Crippen molar-refractivity contribution >= 4 is 17.4 Å². The third-order valence-electron chi connectivity index (χ3n) is 2.02. The monoisotopic (exact) mass is 213 g/mol. The van der Waals surface area contributed by atoms with Crippen molar-refractivity contribution in [1.29, 1.82) is 0 Å². The minimum Gasteiger partial charge on any atom is -0.358 e. The van der Waals surface area contributed by atoms with Crippen molar-refractivity contribution in [1.82, 2.24) is 4.98 Å². The molecule has 3 nitrogen and oxygen atoms in total. The number of pyridine rings is 1. The maximum absolute atomic E-state index is 6.00. The first-order chi connectivity index (χ1) is 6.61. The molecule has 0 aliphatic carbocycles. The Morgan fingerprint density at radius 2 is 2.36 bits per heavy atom. The molecule has 0 saturated heterocycles. The number of nitrogens with zero attached hydrogens (tertiary/aromatic N) is 2. The second kappa shape index (κ2) is 5.17. The van der Waals surface area contributed by atoms with Crippen molar-refractivity contribution in [2.24, 2.45) is 5.73 Å². The van der Waals surface area contributed by atoms with Gasteiger partial charge in [0.05, 0.1) is 5.02 Å². The second-order valence-corrected chi connectivity index (χ2v) is 3.90. The lowest BCUT2D eigenvalue weighted by Gasteiger charge is -2.19. The highest BCUT2D eigenvalue weighted by Crippen LogP contribution is 2.20. The highest BCUT2D eigenvalue weighted by molar-refractivity contribution is 6.32. The van der Waals surface area contributed by atoms with E-state index < -0.39 is 0 Å². The van der Waals surface area contributed by atoms with Gasteiger partial charge in [0.25, 0.3) is 0 Å². The Morgan fingerprint density at radius 3 is 2.93 bits per heavy atom. The average molecular weight is 214 g/mol. The Morgan fingerprint density at radius 1 is 1.64 bits per heavy atom. The van der Waals surface area contributed by atoms with Gasteiger partial charge in [0, 0.05) is 25.8 Å². The first-order valence-corrected chi connectivity index (χ1v) is 5.06. The van der Waals surface area contributed by atoms with E-state index in [0.717, 1.165) is 18.8 Å². The zero-order chi connectivity index (χ0) is 10.6. The number of anilines is 1. The van der Waals surface area contributed by atoms with Crippen molar-refractivity contribution in [2.75, 3.05) is 18.5 Å². The molecule has 14 heavy (non-hydrogen) atoms. The quantitative estimate of drug-likeness (QED) is 0.831. The number of hydrogen-bond acceptors (Lipinski definition) is 3. The zero-order valence-electron chi connectivity index (χ0n) is 8.57. The summed E-state index contributed by atoms with van der Waals surface area (Å²) in [6, 6.07) is 3.87. The molecule has 1 aromatic heterocycles. The molecule has 0 radical (unpaired) electrons. The van der Waals surface area contributed by atoms with Gasteiger partial charge in [-0.1, -0.05) is 11.6 Å². The van der Waals surface area contributed by atoms with Crippen molar-refractivity contribution in [3.63, 3.8) is 0 Å². The Kier molecular flexibility index (Phi) is 4.17. The fraction of sp³-hybridized carbons (Fsp3) is 0.500. The standard InChI is InChI=1S/C10H16ClN3/c1-8(12)5-7-14(2)10-9(11)4-3-6-13-10/h3-4,6,8H,5,7,12H2,1-2H3. The molecule has 2 N–H and O–H groups in total. The number of aromatic nitrogens is 1. The van der Waals surface area contributed by atoms with Crippen LogP contribution in [0.5, 0.6) is 0 Å². The van der Waals surface area contributed by atoms with E-state index in [4.69, 9.17) is 17.3 Å². The van der Waals surface area contributed by atoms with Crippen LogP contribution in [0.15, 0.2) is 18.3 Å². The highest BCUT2D eigenvalue weighted by Gasteiger charge is 2.06. The van der Waals surface area contributed by atoms with Gasteiger partial charge in [-0.05, 0) is 25.5 Å². The molecule has 0 aliphatic heterocycles. The molecule has 0 fully saturated rings. The van der Waals surface area contributed by atoms with E-state index in [1.807, 2.05) is 31.0 Å². The number of hydrogen-bond donors (Lipinski definition) is 1. The van der Waals surface area contributed by atoms with Crippen LogP contribution in [0.4, 0.5) is 5.82 Å². The minimum atomic E-state index is 0.208. The third kappa shape index (κ3) is 3.16. The summed E-state index contributed by atoms with van der Waals surface area (Å²) < 4.78 is 0. The van der Waals surface area contributed by atoms with Crippen molar-refractivity contribution in [3.05, 3.63) is 23.4 Å². The van der Waals surface area contributed by atoms with Crippen LogP contribution >= 0.6 is 11.6 Å². The van der Waals surface area contributed by atoms with Crippen LogP contribution in [-0.4, -0.2) is 24.6 Å². The van der Waals surface area contributed by atoms with E-state index in [1.54, 1.807) is 6.20 Å². The summed E-state index contributed by atoms with van der Waals surface area (Å²) in [5.74, 6) is 0.815. The molecule has 1 unspecified atom stereocenters. The molecule has 0 aliphatic rings. The fourth-order valence-electron chi connectivity index (χ4n) is 1.16. The van der Waals surface area contributed by atoms with Gasteiger partial charge >= 0.3 is 0 Å². The second-order valence-electron chi connectivity index (χ2n) is 3.50. The molecule has 1 rings (SSSR count). The Labute approximate surface area is 89.9 Å². The maximum Gasteiger partial charge on any atom is 0.147 e. The van der Waals surface area contributed by atoms with Crippen LogP contribution in [0.2, 0.25) is 5.02 Å². The SMILES string of the molecule is CC(N)CCN(C)c1ncccc1Cl. The van der Waals surface area contributed by atoms with Crippen LogP contribution in [0.3, 0.4) is 0 Å². The smallest absolute Gasteiger partial charge is 0.147 e. The Hall–Kier alpha value is -0.800. The topological polar surface area (TPSA) is 42.1 Å². The molecule has 1 atom stereocenters. The van der Waals surface area contributed by atoms with Crippen molar-refractivity contribution in [2.45, 2.75) is 19.4 Å². The normalized spacial score (nSPS) is 12.6. The van der Waals surface area contributed by atoms with Crippen molar-refractivity contribution < 1.29 is 0 Å². The van der Waals surface area contributed by atoms with Crippen LogP contribution in [0.1, 0.15) is 13.3 Å². The summed E-state index contributed by atoms with van der Waals surface area (Å²) in [5.41, 5.74) is 5.68. The van der Waals surface area contributed by atoms with Gasteiger partial charge < -0.3 is 10.6 Å². The minimum absolute atomic E-state index is 0.208. The first kappa shape index (κ1) is 11.3. The average Bonchev–Trinajstić information content (AvgIpc) is 2.15. The van der Waals surface area contributed by atoms with Gasteiger partial charge in [-0.2, -0.15) is 0 Å². The maximum atomic E-state index is 6.00. The van der Waals surface area contributed by atoms with E-state index in [1.165, 1.54) is 0 Å². The largest absolute Gasteiger partial charge is 0.358 e. The van der Waals surface area contributed by atoms with Gasteiger partial charge in [-0.25, -0.2) is 4.98 Å². The van der Waals surface area contributed by atoms with Crippen LogP contribution in [-0.2, 0) is 0 Å². The predicted octanol–water partition coefficient (Wildman–Crippen LogP) is 1.91.